The maximum atomic E-state index is 4.65. The Kier molecular flexibility index (Phi) is 3.76. The smallest absolute Gasteiger partial charge is 0.124 e. The Morgan fingerprint density at radius 3 is 2.71 bits per heavy atom. The second kappa shape index (κ2) is 5.70. The van der Waals surface area contributed by atoms with Crippen molar-refractivity contribution < 1.29 is 0 Å². The van der Waals surface area contributed by atoms with Gasteiger partial charge in [0.1, 0.15) is 5.82 Å². The third kappa shape index (κ3) is 2.83. The van der Waals surface area contributed by atoms with Gasteiger partial charge in [0.15, 0.2) is 0 Å². The van der Waals surface area contributed by atoms with Crippen LogP contribution in [0.3, 0.4) is 0 Å². The molecule has 3 aromatic rings. The Morgan fingerprint density at radius 2 is 1.90 bits per heavy atom. The summed E-state index contributed by atoms with van der Waals surface area (Å²) in [6.07, 6.45) is 0. The van der Waals surface area contributed by atoms with E-state index in [-0.39, 0.29) is 6.04 Å². The van der Waals surface area contributed by atoms with Crippen molar-refractivity contribution in [2.45, 2.75) is 33.4 Å². The van der Waals surface area contributed by atoms with Crippen molar-refractivity contribution in [1.82, 2.24) is 15.3 Å². The van der Waals surface area contributed by atoms with Crippen molar-refractivity contribution in [3.05, 3.63) is 65.0 Å². The van der Waals surface area contributed by atoms with Gasteiger partial charge in [-0.05, 0) is 49.6 Å². The van der Waals surface area contributed by atoms with E-state index < -0.39 is 0 Å². The number of hydrogen-bond donors (Lipinski definition) is 2. The molecule has 1 unspecified atom stereocenters. The van der Waals surface area contributed by atoms with E-state index in [1.807, 2.05) is 18.2 Å². The van der Waals surface area contributed by atoms with Crippen LogP contribution in [0.15, 0.2) is 42.5 Å². The number of nitrogens with zero attached hydrogens (tertiary/aromatic N) is 1. The van der Waals surface area contributed by atoms with E-state index >= 15 is 0 Å². The summed E-state index contributed by atoms with van der Waals surface area (Å²) in [6.45, 7) is 7.33. The van der Waals surface area contributed by atoms with Crippen LogP contribution in [-0.2, 0) is 6.54 Å². The molecule has 0 aliphatic carbocycles. The van der Waals surface area contributed by atoms with E-state index in [1.54, 1.807) is 0 Å². The van der Waals surface area contributed by atoms with Crippen molar-refractivity contribution in [1.29, 1.82) is 0 Å². The summed E-state index contributed by atoms with van der Waals surface area (Å²) in [5.41, 5.74) is 6.16. The largest absolute Gasteiger partial charge is 0.341 e. The zero-order valence-corrected chi connectivity index (χ0v) is 12.8. The number of benzene rings is 2. The summed E-state index contributed by atoms with van der Waals surface area (Å²) >= 11 is 0. The van der Waals surface area contributed by atoms with Crippen molar-refractivity contribution in [2.24, 2.45) is 0 Å². The molecule has 0 aliphatic heterocycles. The van der Waals surface area contributed by atoms with E-state index in [9.17, 15) is 0 Å². The number of H-pyrrole nitrogens is 1. The summed E-state index contributed by atoms with van der Waals surface area (Å²) in [5, 5.41) is 3.55. The van der Waals surface area contributed by atoms with Gasteiger partial charge in [0.05, 0.1) is 17.1 Å². The SMILES string of the molecule is Cc1cccc(CNC(C)c2nc3ccccc3[nH]2)c1C. The van der Waals surface area contributed by atoms with Crippen molar-refractivity contribution in [3.63, 3.8) is 0 Å². The lowest BCUT2D eigenvalue weighted by Gasteiger charge is -2.14. The molecule has 0 saturated heterocycles. The van der Waals surface area contributed by atoms with Crippen LogP contribution in [0.25, 0.3) is 11.0 Å². The molecule has 2 aromatic carbocycles. The fraction of sp³-hybridized carbons (Fsp3) is 0.278. The van der Waals surface area contributed by atoms with Gasteiger partial charge in [-0.25, -0.2) is 4.98 Å². The van der Waals surface area contributed by atoms with Crippen molar-refractivity contribution in [3.8, 4) is 0 Å². The number of hydrogen-bond acceptors (Lipinski definition) is 2. The Morgan fingerprint density at radius 1 is 1.10 bits per heavy atom. The molecule has 0 amide bonds. The predicted octanol–water partition coefficient (Wildman–Crippen LogP) is 4.03. The van der Waals surface area contributed by atoms with Gasteiger partial charge >= 0.3 is 0 Å². The third-order valence-electron chi connectivity index (χ3n) is 4.13. The van der Waals surface area contributed by atoms with Gasteiger partial charge in [0.2, 0.25) is 0 Å². The van der Waals surface area contributed by atoms with Crippen LogP contribution in [0.2, 0.25) is 0 Å². The molecular formula is C18H21N3. The number of aromatic nitrogens is 2. The Hall–Kier alpha value is -2.13. The third-order valence-corrected chi connectivity index (χ3v) is 4.13. The quantitative estimate of drug-likeness (QED) is 0.757. The summed E-state index contributed by atoms with van der Waals surface area (Å²) in [5.74, 6) is 0.988. The predicted molar refractivity (Wildman–Crippen MR) is 87.3 cm³/mol. The molecule has 3 heteroatoms. The summed E-state index contributed by atoms with van der Waals surface area (Å²) < 4.78 is 0. The number of fused-ring (bicyclic) bond motifs is 1. The minimum atomic E-state index is 0.192. The van der Waals surface area contributed by atoms with Gasteiger partial charge in [-0.3, -0.25) is 0 Å². The number of aryl methyl sites for hydroxylation is 1. The van der Waals surface area contributed by atoms with E-state index in [4.69, 9.17) is 0 Å². The number of imidazole rings is 1. The van der Waals surface area contributed by atoms with Crippen molar-refractivity contribution >= 4 is 11.0 Å². The van der Waals surface area contributed by atoms with Crippen LogP contribution in [-0.4, -0.2) is 9.97 Å². The molecule has 2 N–H and O–H groups in total. The monoisotopic (exact) mass is 279 g/mol. The molecule has 0 radical (unpaired) electrons. The first-order valence-electron chi connectivity index (χ1n) is 7.38. The van der Waals surface area contributed by atoms with Crippen LogP contribution < -0.4 is 5.32 Å². The lowest BCUT2D eigenvalue weighted by molar-refractivity contribution is 0.551. The second-order valence-corrected chi connectivity index (χ2v) is 5.60. The lowest BCUT2D eigenvalue weighted by atomic mass is 10.0. The summed E-state index contributed by atoms with van der Waals surface area (Å²) in [6, 6.07) is 14.8. The minimum Gasteiger partial charge on any atom is -0.341 e. The van der Waals surface area contributed by atoms with E-state index in [1.165, 1.54) is 16.7 Å². The Balaban J connectivity index is 1.74. The average Bonchev–Trinajstić information content (AvgIpc) is 2.92. The van der Waals surface area contributed by atoms with Gasteiger partial charge in [-0.1, -0.05) is 30.3 Å². The van der Waals surface area contributed by atoms with Crippen LogP contribution in [0, 0.1) is 13.8 Å². The summed E-state index contributed by atoms with van der Waals surface area (Å²) in [7, 11) is 0. The first-order valence-corrected chi connectivity index (χ1v) is 7.38. The molecule has 3 nitrogen and oxygen atoms in total. The highest BCUT2D eigenvalue weighted by Gasteiger charge is 2.10. The van der Waals surface area contributed by atoms with Gasteiger partial charge in [-0.15, -0.1) is 0 Å². The van der Waals surface area contributed by atoms with Crippen LogP contribution in [0.4, 0.5) is 0 Å². The van der Waals surface area contributed by atoms with Crippen LogP contribution in [0.1, 0.15) is 35.5 Å². The van der Waals surface area contributed by atoms with Crippen molar-refractivity contribution in [2.75, 3.05) is 0 Å². The molecule has 3 rings (SSSR count). The zero-order valence-electron chi connectivity index (χ0n) is 12.8. The molecule has 1 aromatic heterocycles. The fourth-order valence-electron chi connectivity index (χ4n) is 2.54. The fourth-order valence-corrected chi connectivity index (χ4v) is 2.54. The number of nitrogens with one attached hydrogen (secondary N) is 2. The second-order valence-electron chi connectivity index (χ2n) is 5.60. The molecular weight excluding hydrogens is 258 g/mol. The van der Waals surface area contributed by atoms with E-state index in [2.05, 4.69) is 60.3 Å². The highest BCUT2D eigenvalue weighted by atomic mass is 15.0. The molecule has 0 fully saturated rings. The number of para-hydroxylation sites is 2. The molecule has 1 atom stereocenters. The maximum absolute atomic E-state index is 4.65. The number of rotatable bonds is 4. The first-order chi connectivity index (χ1) is 10.1. The topological polar surface area (TPSA) is 40.7 Å². The highest BCUT2D eigenvalue weighted by molar-refractivity contribution is 5.74. The van der Waals surface area contributed by atoms with Gasteiger partial charge in [0.25, 0.3) is 0 Å². The molecule has 0 spiro atoms. The molecule has 0 aliphatic rings. The number of aromatic amines is 1. The van der Waals surface area contributed by atoms with Gasteiger partial charge < -0.3 is 10.3 Å². The zero-order chi connectivity index (χ0) is 14.8. The Bertz CT molecular complexity index is 725. The normalized spacial score (nSPS) is 12.7. The molecule has 0 saturated carbocycles. The van der Waals surface area contributed by atoms with Crippen LogP contribution in [0.5, 0.6) is 0 Å². The Labute approximate surface area is 125 Å². The van der Waals surface area contributed by atoms with E-state index in [0.29, 0.717) is 0 Å². The lowest BCUT2D eigenvalue weighted by Crippen LogP contribution is -2.19. The maximum Gasteiger partial charge on any atom is 0.124 e. The van der Waals surface area contributed by atoms with Gasteiger partial charge in [0, 0.05) is 6.54 Å². The molecule has 1 heterocycles. The minimum absolute atomic E-state index is 0.192. The summed E-state index contributed by atoms with van der Waals surface area (Å²) in [4.78, 5) is 8.03. The van der Waals surface area contributed by atoms with E-state index in [0.717, 1.165) is 23.4 Å². The first kappa shape index (κ1) is 13.8. The highest BCUT2D eigenvalue weighted by Crippen LogP contribution is 2.17. The van der Waals surface area contributed by atoms with Gasteiger partial charge in [-0.2, -0.15) is 0 Å². The average molecular weight is 279 g/mol. The molecule has 108 valence electrons. The molecule has 0 bridgehead atoms. The molecule has 21 heavy (non-hydrogen) atoms. The van der Waals surface area contributed by atoms with Crippen LogP contribution >= 0.6 is 0 Å². The standard InChI is InChI=1S/C18H21N3/c1-12-7-6-8-15(13(12)2)11-19-14(3)18-20-16-9-4-5-10-17(16)21-18/h4-10,14,19H,11H2,1-3H3,(H,20,21).